The van der Waals surface area contributed by atoms with E-state index in [9.17, 15) is 9.59 Å². The lowest BCUT2D eigenvalue weighted by atomic mass is 10.1. The van der Waals surface area contributed by atoms with Gasteiger partial charge in [0.2, 0.25) is 11.8 Å². The first-order valence-corrected chi connectivity index (χ1v) is 7.04. The molecule has 0 radical (unpaired) electrons. The van der Waals surface area contributed by atoms with Crippen LogP contribution in [0.25, 0.3) is 0 Å². The van der Waals surface area contributed by atoms with E-state index < -0.39 is 0 Å². The van der Waals surface area contributed by atoms with Crippen molar-refractivity contribution in [2.45, 2.75) is 25.8 Å². The quantitative estimate of drug-likeness (QED) is 0.253. The van der Waals surface area contributed by atoms with E-state index in [1.165, 1.54) is 4.90 Å². The summed E-state index contributed by atoms with van der Waals surface area (Å²) in [6.45, 7) is 6.97. The van der Waals surface area contributed by atoms with Crippen LogP contribution in [0.1, 0.15) is 19.8 Å². The molecule has 126 valence electrons. The molecule has 1 fully saturated rings. The second-order valence-electron chi connectivity index (χ2n) is 5.45. The standard InChI is InChI=1S/C14H25N5O2.HI/c1-10(2)7-16-14(17-9-13(21)19(3)4)18-11-5-6-12(20)15-8-11;/h11H,1,5-9H2,2-4H3,(H,15,20)(H2,16,17,18);1H. The van der Waals surface area contributed by atoms with Crippen LogP contribution in [0.4, 0.5) is 0 Å². The molecule has 0 spiro atoms. The lowest BCUT2D eigenvalue weighted by Gasteiger charge is -2.25. The minimum absolute atomic E-state index is 0. The Morgan fingerprint density at radius 3 is 2.68 bits per heavy atom. The van der Waals surface area contributed by atoms with Gasteiger partial charge in [0.1, 0.15) is 6.54 Å². The number of halogens is 1. The van der Waals surface area contributed by atoms with Crippen molar-refractivity contribution < 1.29 is 9.59 Å². The Morgan fingerprint density at radius 2 is 2.18 bits per heavy atom. The van der Waals surface area contributed by atoms with E-state index in [2.05, 4.69) is 27.5 Å². The van der Waals surface area contributed by atoms with Gasteiger partial charge in [-0.15, -0.1) is 24.0 Å². The number of guanidine groups is 1. The van der Waals surface area contributed by atoms with Gasteiger partial charge in [0.05, 0.1) is 0 Å². The highest BCUT2D eigenvalue weighted by molar-refractivity contribution is 14.0. The van der Waals surface area contributed by atoms with Crippen molar-refractivity contribution in [3.63, 3.8) is 0 Å². The number of likely N-dealkylation sites (N-methyl/N-ethyl adjacent to an activating group) is 1. The Kier molecular flexibility index (Phi) is 9.79. The van der Waals surface area contributed by atoms with Gasteiger partial charge in [-0.05, 0) is 13.3 Å². The maximum atomic E-state index is 11.6. The molecule has 1 saturated heterocycles. The highest BCUT2D eigenvalue weighted by Gasteiger charge is 2.18. The fraction of sp³-hybridized carbons (Fsp3) is 0.643. The summed E-state index contributed by atoms with van der Waals surface area (Å²) >= 11 is 0. The summed E-state index contributed by atoms with van der Waals surface area (Å²) in [5.74, 6) is 0.571. The molecular formula is C14H26IN5O2. The van der Waals surface area contributed by atoms with Gasteiger partial charge in [0, 0.05) is 39.6 Å². The number of hydrogen-bond acceptors (Lipinski definition) is 3. The second kappa shape index (κ2) is 10.4. The first kappa shape index (κ1) is 20.7. The Hall–Kier alpha value is -1.32. The molecule has 1 aliphatic rings. The van der Waals surface area contributed by atoms with Crippen molar-refractivity contribution in [3.05, 3.63) is 12.2 Å². The molecule has 8 heteroatoms. The molecule has 1 unspecified atom stereocenters. The van der Waals surface area contributed by atoms with E-state index in [-0.39, 0.29) is 48.4 Å². The van der Waals surface area contributed by atoms with Crippen LogP contribution in [0.2, 0.25) is 0 Å². The monoisotopic (exact) mass is 423 g/mol. The lowest BCUT2D eigenvalue weighted by molar-refractivity contribution is -0.127. The molecule has 22 heavy (non-hydrogen) atoms. The van der Waals surface area contributed by atoms with Gasteiger partial charge in [0.15, 0.2) is 5.96 Å². The molecule has 2 amide bonds. The number of carbonyl (C=O) groups is 2. The molecule has 0 aromatic rings. The summed E-state index contributed by atoms with van der Waals surface area (Å²) in [5.41, 5.74) is 0.973. The molecule has 0 saturated carbocycles. The number of nitrogens with one attached hydrogen (secondary N) is 3. The van der Waals surface area contributed by atoms with Gasteiger partial charge in [-0.25, -0.2) is 4.99 Å². The van der Waals surface area contributed by atoms with Gasteiger partial charge >= 0.3 is 0 Å². The van der Waals surface area contributed by atoms with Crippen molar-refractivity contribution in [1.82, 2.24) is 20.9 Å². The molecular weight excluding hydrogens is 397 g/mol. The molecule has 1 heterocycles. The Labute approximate surface area is 149 Å². The van der Waals surface area contributed by atoms with E-state index >= 15 is 0 Å². The van der Waals surface area contributed by atoms with Crippen LogP contribution in [-0.2, 0) is 9.59 Å². The smallest absolute Gasteiger partial charge is 0.243 e. The maximum Gasteiger partial charge on any atom is 0.243 e. The zero-order valence-electron chi connectivity index (χ0n) is 13.4. The van der Waals surface area contributed by atoms with E-state index in [1.807, 2.05) is 6.92 Å². The van der Waals surface area contributed by atoms with Gasteiger partial charge < -0.3 is 20.9 Å². The number of piperidine rings is 1. The zero-order valence-corrected chi connectivity index (χ0v) is 15.8. The summed E-state index contributed by atoms with van der Waals surface area (Å²) in [5, 5.41) is 9.17. The molecule has 0 aromatic carbocycles. The number of rotatable bonds is 5. The van der Waals surface area contributed by atoms with E-state index in [0.29, 0.717) is 25.5 Å². The zero-order chi connectivity index (χ0) is 15.8. The molecule has 0 aliphatic carbocycles. The fourth-order valence-corrected chi connectivity index (χ4v) is 1.72. The largest absolute Gasteiger partial charge is 0.354 e. The van der Waals surface area contributed by atoms with Crippen LogP contribution >= 0.6 is 24.0 Å². The van der Waals surface area contributed by atoms with Gasteiger partial charge in [-0.1, -0.05) is 12.2 Å². The van der Waals surface area contributed by atoms with Gasteiger partial charge in [0.25, 0.3) is 0 Å². The summed E-state index contributed by atoms with van der Waals surface area (Å²) in [4.78, 5) is 28.5. The lowest BCUT2D eigenvalue weighted by Crippen LogP contribution is -2.51. The van der Waals surface area contributed by atoms with Crippen molar-refractivity contribution in [2.75, 3.05) is 33.7 Å². The molecule has 3 N–H and O–H groups in total. The molecule has 1 aliphatic heterocycles. The number of aliphatic imine (C=N–C) groups is 1. The molecule has 1 rings (SSSR count). The summed E-state index contributed by atoms with van der Waals surface area (Å²) in [6, 6.07) is 0.119. The number of nitrogens with zero attached hydrogens (tertiary/aromatic N) is 2. The highest BCUT2D eigenvalue weighted by atomic mass is 127. The minimum atomic E-state index is -0.0663. The maximum absolute atomic E-state index is 11.6. The predicted molar refractivity (Wildman–Crippen MR) is 98.4 cm³/mol. The topological polar surface area (TPSA) is 85.8 Å². The summed E-state index contributed by atoms with van der Waals surface area (Å²) in [7, 11) is 3.39. The third kappa shape index (κ3) is 8.20. The molecule has 0 aromatic heterocycles. The van der Waals surface area contributed by atoms with Crippen molar-refractivity contribution in [3.8, 4) is 0 Å². The van der Waals surface area contributed by atoms with Crippen LogP contribution in [-0.4, -0.2) is 62.4 Å². The number of hydrogen-bond donors (Lipinski definition) is 3. The van der Waals surface area contributed by atoms with Crippen molar-refractivity contribution >= 4 is 41.8 Å². The number of amides is 2. The van der Waals surface area contributed by atoms with Crippen LogP contribution < -0.4 is 16.0 Å². The predicted octanol–water partition coefficient (Wildman–Crippen LogP) is 0.0825. The minimum Gasteiger partial charge on any atom is -0.354 e. The Morgan fingerprint density at radius 1 is 1.50 bits per heavy atom. The first-order chi connectivity index (χ1) is 9.88. The van der Waals surface area contributed by atoms with Gasteiger partial charge in [-0.3, -0.25) is 9.59 Å². The molecule has 0 bridgehead atoms. The molecule has 1 atom stereocenters. The van der Waals surface area contributed by atoms with Crippen LogP contribution in [0.15, 0.2) is 17.1 Å². The van der Waals surface area contributed by atoms with Crippen LogP contribution in [0.3, 0.4) is 0 Å². The normalized spacial score (nSPS) is 17.9. The number of carbonyl (C=O) groups excluding carboxylic acids is 2. The van der Waals surface area contributed by atoms with E-state index in [0.717, 1.165) is 12.0 Å². The van der Waals surface area contributed by atoms with E-state index in [4.69, 9.17) is 0 Å². The Bertz CT molecular complexity index is 427. The average molecular weight is 423 g/mol. The highest BCUT2D eigenvalue weighted by Crippen LogP contribution is 2.02. The Balaban J connectivity index is 0.00000441. The molecule has 7 nitrogen and oxygen atoms in total. The SMILES string of the molecule is C=C(C)CNC(=NCC(=O)N(C)C)NC1CCC(=O)NC1.I. The first-order valence-electron chi connectivity index (χ1n) is 7.04. The van der Waals surface area contributed by atoms with Crippen molar-refractivity contribution in [1.29, 1.82) is 0 Å². The second-order valence-corrected chi connectivity index (χ2v) is 5.45. The average Bonchev–Trinajstić information content (AvgIpc) is 2.43. The van der Waals surface area contributed by atoms with Crippen molar-refractivity contribution in [2.24, 2.45) is 4.99 Å². The summed E-state index contributed by atoms with van der Waals surface area (Å²) < 4.78 is 0. The van der Waals surface area contributed by atoms with Crippen LogP contribution in [0.5, 0.6) is 0 Å². The summed E-state index contributed by atoms with van der Waals surface area (Å²) in [6.07, 6.45) is 1.25. The third-order valence-electron chi connectivity index (χ3n) is 3.04. The van der Waals surface area contributed by atoms with E-state index in [1.54, 1.807) is 14.1 Å². The third-order valence-corrected chi connectivity index (χ3v) is 3.04. The fourth-order valence-electron chi connectivity index (χ4n) is 1.72. The van der Waals surface area contributed by atoms with Crippen LogP contribution in [0, 0.1) is 0 Å². The van der Waals surface area contributed by atoms with Gasteiger partial charge in [-0.2, -0.15) is 0 Å².